The van der Waals surface area contributed by atoms with Gasteiger partial charge in [0.15, 0.2) is 5.65 Å². The van der Waals surface area contributed by atoms with Crippen molar-refractivity contribution in [2.75, 3.05) is 0 Å². The van der Waals surface area contributed by atoms with Crippen LogP contribution in [0.15, 0.2) is 27.8 Å². The maximum absolute atomic E-state index is 11.9. The van der Waals surface area contributed by atoms with Gasteiger partial charge in [-0.15, -0.1) is 0 Å². The summed E-state index contributed by atoms with van der Waals surface area (Å²) in [6, 6.07) is 5.47. The third-order valence-electron chi connectivity index (χ3n) is 3.38. The first-order chi connectivity index (χ1) is 10.0. The van der Waals surface area contributed by atoms with Crippen molar-refractivity contribution in [1.82, 2.24) is 19.5 Å². The van der Waals surface area contributed by atoms with E-state index in [4.69, 9.17) is 11.6 Å². The lowest BCUT2D eigenvalue weighted by atomic mass is 10.1. The van der Waals surface area contributed by atoms with E-state index >= 15 is 0 Å². The summed E-state index contributed by atoms with van der Waals surface area (Å²) in [6.45, 7) is 4.14. The first-order valence-corrected chi connectivity index (χ1v) is 6.88. The molecule has 0 aliphatic heterocycles. The van der Waals surface area contributed by atoms with E-state index in [2.05, 4.69) is 15.0 Å². The van der Waals surface area contributed by atoms with E-state index in [9.17, 15) is 9.59 Å². The van der Waals surface area contributed by atoms with Crippen molar-refractivity contribution in [2.24, 2.45) is 0 Å². The molecule has 0 radical (unpaired) electrons. The highest BCUT2D eigenvalue weighted by Crippen LogP contribution is 2.23. The third-order valence-corrected chi connectivity index (χ3v) is 3.80. The zero-order valence-corrected chi connectivity index (χ0v) is 12.3. The highest BCUT2D eigenvalue weighted by Gasteiger charge is 2.13. The molecular weight excluding hydrogens is 292 g/mol. The Labute approximate surface area is 124 Å². The monoisotopic (exact) mass is 304 g/mol. The Kier molecular flexibility index (Phi) is 3.17. The Balaban J connectivity index is 2.30. The molecule has 7 heteroatoms. The van der Waals surface area contributed by atoms with Crippen molar-refractivity contribution >= 4 is 22.8 Å². The van der Waals surface area contributed by atoms with Crippen molar-refractivity contribution in [2.45, 2.75) is 20.4 Å². The number of nitrogens with zero attached hydrogens (tertiary/aromatic N) is 2. The number of aromatic nitrogens is 4. The Morgan fingerprint density at radius 2 is 2.05 bits per heavy atom. The fraction of sp³-hybridized carbons (Fsp3) is 0.214. The third kappa shape index (κ3) is 2.17. The van der Waals surface area contributed by atoms with E-state index in [-0.39, 0.29) is 0 Å². The highest BCUT2D eigenvalue weighted by molar-refractivity contribution is 6.31. The molecule has 0 aliphatic carbocycles. The second-order valence-corrected chi connectivity index (χ2v) is 5.16. The van der Waals surface area contributed by atoms with Gasteiger partial charge in [-0.3, -0.25) is 14.3 Å². The first-order valence-electron chi connectivity index (χ1n) is 6.50. The summed E-state index contributed by atoms with van der Waals surface area (Å²) in [5, 5.41) is 0.665. The molecule has 3 aromatic rings. The number of hydrogen-bond donors (Lipinski definition) is 2. The van der Waals surface area contributed by atoms with E-state index in [0.29, 0.717) is 28.6 Å². The number of H-pyrrole nitrogens is 2. The van der Waals surface area contributed by atoms with Crippen LogP contribution in [0.5, 0.6) is 0 Å². The number of nitrogens with one attached hydrogen (secondary N) is 2. The maximum atomic E-state index is 11.9. The van der Waals surface area contributed by atoms with Crippen LogP contribution in [-0.2, 0) is 6.54 Å². The Morgan fingerprint density at radius 1 is 1.29 bits per heavy atom. The van der Waals surface area contributed by atoms with Gasteiger partial charge in [0.2, 0.25) is 0 Å². The summed E-state index contributed by atoms with van der Waals surface area (Å²) < 4.78 is 1.42. The topological polar surface area (TPSA) is 83.5 Å². The zero-order valence-electron chi connectivity index (χ0n) is 11.5. The van der Waals surface area contributed by atoms with Crippen molar-refractivity contribution in [3.63, 3.8) is 0 Å². The van der Waals surface area contributed by atoms with Gasteiger partial charge in [0.05, 0.1) is 0 Å². The van der Waals surface area contributed by atoms with Gasteiger partial charge in [-0.05, 0) is 37.6 Å². The molecule has 2 aromatic heterocycles. The molecule has 0 unspecified atom stereocenters. The van der Waals surface area contributed by atoms with Gasteiger partial charge in [-0.1, -0.05) is 11.6 Å². The minimum Gasteiger partial charge on any atom is -0.332 e. The second kappa shape index (κ2) is 4.89. The lowest BCUT2D eigenvalue weighted by Gasteiger charge is -2.01. The largest absolute Gasteiger partial charge is 0.332 e. The van der Waals surface area contributed by atoms with Crippen LogP contribution >= 0.6 is 11.6 Å². The van der Waals surface area contributed by atoms with Crippen LogP contribution < -0.4 is 11.2 Å². The molecule has 108 valence electrons. The molecular formula is C14H13ClN4O2. The molecule has 0 saturated heterocycles. The molecule has 0 bridgehead atoms. The van der Waals surface area contributed by atoms with Crippen LogP contribution in [-0.4, -0.2) is 19.5 Å². The molecule has 2 heterocycles. The number of halogens is 1. The zero-order chi connectivity index (χ0) is 15.1. The van der Waals surface area contributed by atoms with Crippen LogP contribution in [0.2, 0.25) is 5.02 Å². The van der Waals surface area contributed by atoms with E-state index < -0.39 is 11.2 Å². The Hall–Kier alpha value is -2.34. The van der Waals surface area contributed by atoms with Crippen molar-refractivity contribution in [3.8, 4) is 11.4 Å². The fourth-order valence-corrected chi connectivity index (χ4v) is 2.38. The minimum atomic E-state index is -0.468. The molecule has 0 fully saturated rings. The molecule has 0 atom stereocenters. The number of rotatable bonds is 2. The SMILES string of the molecule is CCn1c(=O)[nH]c(=O)c2[nH]c(-c3ccc(Cl)c(C)c3)nc21. The van der Waals surface area contributed by atoms with Crippen LogP contribution in [0.3, 0.4) is 0 Å². The second-order valence-electron chi connectivity index (χ2n) is 4.75. The van der Waals surface area contributed by atoms with Gasteiger partial charge < -0.3 is 4.98 Å². The molecule has 2 N–H and O–H groups in total. The number of aromatic amines is 2. The Bertz CT molecular complexity index is 952. The molecule has 0 amide bonds. The van der Waals surface area contributed by atoms with E-state index in [0.717, 1.165) is 11.1 Å². The predicted octanol–water partition coefficient (Wildman–Crippen LogP) is 2.06. The normalized spacial score (nSPS) is 11.2. The van der Waals surface area contributed by atoms with Crippen LogP contribution in [0.4, 0.5) is 0 Å². The van der Waals surface area contributed by atoms with Crippen LogP contribution in [0, 0.1) is 6.92 Å². The van der Waals surface area contributed by atoms with Gasteiger partial charge in [-0.2, -0.15) is 0 Å². The summed E-state index contributed by atoms with van der Waals surface area (Å²) in [5.41, 5.74) is 1.44. The van der Waals surface area contributed by atoms with Gasteiger partial charge in [0.1, 0.15) is 11.3 Å². The lowest BCUT2D eigenvalue weighted by molar-refractivity contribution is 0.720. The summed E-state index contributed by atoms with van der Waals surface area (Å²) in [5.74, 6) is 0.531. The number of aryl methyl sites for hydroxylation is 2. The molecule has 0 saturated carbocycles. The van der Waals surface area contributed by atoms with E-state index in [1.165, 1.54) is 4.57 Å². The summed E-state index contributed by atoms with van der Waals surface area (Å²) in [6.07, 6.45) is 0. The smallest absolute Gasteiger partial charge is 0.330 e. The average molecular weight is 305 g/mol. The summed E-state index contributed by atoms with van der Waals surface area (Å²) in [4.78, 5) is 33.3. The molecule has 6 nitrogen and oxygen atoms in total. The van der Waals surface area contributed by atoms with Gasteiger partial charge >= 0.3 is 5.69 Å². The molecule has 0 spiro atoms. The minimum absolute atomic E-state index is 0.291. The van der Waals surface area contributed by atoms with Crippen molar-refractivity contribution in [3.05, 3.63) is 49.6 Å². The summed E-state index contributed by atoms with van der Waals surface area (Å²) >= 11 is 6.01. The van der Waals surface area contributed by atoms with Gasteiger partial charge in [0.25, 0.3) is 5.56 Å². The summed E-state index contributed by atoms with van der Waals surface area (Å²) in [7, 11) is 0. The van der Waals surface area contributed by atoms with Crippen molar-refractivity contribution < 1.29 is 0 Å². The highest BCUT2D eigenvalue weighted by atomic mass is 35.5. The van der Waals surface area contributed by atoms with Crippen molar-refractivity contribution in [1.29, 1.82) is 0 Å². The Morgan fingerprint density at radius 3 is 2.71 bits per heavy atom. The molecule has 21 heavy (non-hydrogen) atoms. The number of hydrogen-bond acceptors (Lipinski definition) is 3. The quantitative estimate of drug-likeness (QED) is 0.760. The lowest BCUT2D eigenvalue weighted by Crippen LogP contribution is -2.29. The van der Waals surface area contributed by atoms with Gasteiger partial charge in [0, 0.05) is 17.1 Å². The van der Waals surface area contributed by atoms with Crippen LogP contribution in [0.1, 0.15) is 12.5 Å². The molecule has 3 rings (SSSR count). The van der Waals surface area contributed by atoms with Crippen LogP contribution in [0.25, 0.3) is 22.6 Å². The standard InChI is InChI=1S/C14H13ClN4O2/c1-3-19-12-10(13(20)18-14(19)21)16-11(17-12)8-4-5-9(15)7(2)6-8/h4-6H,3H2,1-2H3,(H,16,17)(H,18,20,21). The maximum Gasteiger partial charge on any atom is 0.330 e. The average Bonchev–Trinajstić information content (AvgIpc) is 2.87. The molecule has 0 aliphatic rings. The number of benzene rings is 1. The van der Waals surface area contributed by atoms with E-state index in [1.807, 2.05) is 26.0 Å². The number of fused-ring (bicyclic) bond motifs is 1. The molecule has 1 aromatic carbocycles. The fourth-order valence-electron chi connectivity index (χ4n) is 2.26. The van der Waals surface area contributed by atoms with Gasteiger partial charge in [-0.25, -0.2) is 9.78 Å². The van der Waals surface area contributed by atoms with E-state index in [1.54, 1.807) is 6.07 Å². The first kappa shape index (κ1) is 13.6. The number of imidazole rings is 1. The predicted molar refractivity (Wildman–Crippen MR) is 81.8 cm³/mol.